The summed E-state index contributed by atoms with van der Waals surface area (Å²) in [6.07, 6.45) is 9.68. The molecular formula is C25H35F5O4. The monoisotopic (exact) mass is 494 g/mol. The molecule has 4 nitrogen and oxygen atoms in total. The lowest BCUT2D eigenvalue weighted by Gasteiger charge is -2.16. The van der Waals surface area contributed by atoms with E-state index in [9.17, 15) is 31.5 Å². The van der Waals surface area contributed by atoms with Gasteiger partial charge in [0.1, 0.15) is 6.10 Å². The first-order chi connectivity index (χ1) is 16.2. The molecule has 0 amide bonds. The first-order valence-electron chi connectivity index (χ1n) is 12.1. The third-order valence-corrected chi connectivity index (χ3v) is 5.48. The van der Waals surface area contributed by atoms with Gasteiger partial charge in [-0.05, 0) is 19.8 Å². The van der Waals surface area contributed by atoms with Crippen molar-refractivity contribution in [2.75, 3.05) is 6.61 Å². The molecule has 0 fully saturated rings. The Kier molecular flexibility index (Phi) is 14.4. The van der Waals surface area contributed by atoms with Crippen molar-refractivity contribution in [2.45, 2.75) is 103 Å². The highest BCUT2D eigenvalue weighted by Gasteiger charge is 2.30. The second-order valence-corrected chi connectivity index (χ2v) is 8.37. The molecule has 1 aromatic rings. The molecule has 194 valence electrons. The van der Waals surface area contributed by atoms with E-state index in [1.54, 1.807) is 0 Å². The zero-order valence-electron chi connectivity index (χ0n) is 20.0. The number of benzene rings is 1. The van der Waals surface area contributed by atoms with Crippen LogP contribution in [0.15, 0.2) is 0 Å². The Morgan fingerprint density at radius 1 is 0.647 bits per heavy atom. The smallest absolute Gasteiger partial charge is 0.306 e. The van der Waals surface area contributed by atoms with E-state index < -0.39 is 52.7 Å². The Bertz CT molecular complexity index is 756. The highest BCUT2D eigenvalue weighted by atomic mass is 19.2. The topological polar surface area (TPSA) is 52.6 Å². The Balaban J connectivity index is 2.19. The predicted molar refractivity (Wildman–Crippen MR) is 117 cm³/mol. The summed E-state index contributed by atoms with van der Waals surface area (Å²) in [4.78, 5) is 23.6. The van der Waals surface area contributed by atoms with Gasteiger partial charge in [-0.1, -0.05) is 64.7 Å². The van der Waals surface area contributed by atoms with Crippen LogP contribution in [0.2, 0.25) is 0 Å². The van der Waals surface area contributed by atoms with E-state index in [0.29, 0.717) is 6.61 Å². The summed E-state index contributed by atoms with van der Waals surface area (Å²) in [5.41, 5.74) is -1.22. The van der Waals surface area contributed by atoms with Gasteiger partial charge in [-0.15, -0.1) is 0 Å². The first kappa shape index (κ1) is 29.8. The summed E-state index contributed by atoms with van der Waals surface area (Å²) < 4.78 is 77.1. The first-order valence-corrected chi connectivity index (χ1v) is 12.1. The van der Waals surface area contributed by atoms with Crippen LogP contribution >= 0.6 is 0 Å². The van der Waals surface area contributed by atoms with E-state index >= 15 is 0 Å². The molecule has 0 aromatic heterocycles. The fourth-order valence-electron chi connectivity index (χ4n) is 3.52. The summed E-state index contributed by atoms with van der Waals surface area (Å²) >= 11 is 0. The fourth-order valence-corrected chi connectivity index (χ4v) is 3.52. The normalized spacial score (nSPS) is 12.0. The molecule has 1 unspecified atom stereocenters. The Morgan fingerprint density at radius 3 is 1.62 bits per heavy atom. The van der Waals surface area contributed by atoms with Crippen LogP contribution in [-0.2, 0) is 19.1 Å². The minimum atomic E-state index is -2.28. The lowest BCUT2D eigenvalue weighted by atomic mass is 10.1. The van der Waals surface area contributed by atoms with Crippen molar-refractivity contribution < 1.29 is 41.0 Å². The van der Waals surface area contributed by atoms with Gasteiger partial charge in [-0.2, -0.15) is 0 Å². The minimum absolute atomic E-state index is 0.0518. The molecule has 0 aliphatic carbocycles. The maximum absolute atomic E-state index is 13.8. The average molecular weight is 495 g/mol. The standard InChI is InChI=1S/C25H35F5O4/c1-3-4-5-6-7-8-9-10-11-12-16-33-18(31)14-13-15-19(32)34-17(2)20-21(26)23(28)25(30)24(29)22(20)27/h17H,3-16H2,1-2H3. The van der Waals surface area contributed by atoms with Crippen molar-refractivity contribution in [1.29, 1.82) is 0 Å². The summed E-state index contributed by atoms with van der Waals surface area (Å²) in [6, 6.07) is 0. The number of hydrogen-bond acceptors (Lipinski definition) is 4. The molecule has 0 aliphatic rings. The van der Waals surface area contributed by atoms with Crippen LogP contribution in [0.25, 0.3) is 0 Å². The lowest BCUT2D eigenvalue weighted by Crippen LogP contribution is -2.15. The van der Waals surface area contributed by atoms with E-state index in [4.69, 9.17) is 9.47 Å². The average Bonchev–Trinajstić information content (AvgIpc) is 2.80. The summed E-state index contributed by atoms with van der Waals surface area (Å²) in [5.74, 6) is -12.0. The Morgan fingerprint density at radius 2 is 1.09 bits per heavy atom. The third kappa shape index (κ3) is 10.4. The summed E-state index contributed by atoms with van der Waals surface area (Å²) in [7, 11) is 0. The van der Waals surface area contributed by atoms with E-state index in [2.05, 4.69) is 6.92 Å². The van der Waals surface area contributed by atoms with Crippen molar-refractivity contribution in [2.24, 2.45) is 0 Å². The van der Waals surface area contributed by atoms with Crippen LogP contribution in [-0.4, -0.2) is 18.5 Å². The van der Waals surface area contributed by atoms with Gasteiger partial charge in [-0.3, -0.25) is 9.59 Å². The molecule has 0 bridgehead atoms. The fraction of sp³-hybridized carbons (Fsp3) is 0.680. The van der Waals surface area contributed by atoms with Crippen molar-refractivity contribution in [3.05, 3.63) is 34.6 Å². The quantitative estimate of drug-likeness (QED) is 0.0735. The molecule has 9 heteroatoms. The molecule has 0 saturated heterocycles. The van der Waals surface area contributed by atoms with E-state index in [-0.39, 0.29) is 19.3 Å². The van der Waals surface area contributed by atoms with Gasteiger partial charge in [0.25, 0.3) is 0 Å². The number of hydrogen-bond donors (Lipinski definition) is 0. The van der Waals surface area contributed by atoms with Gasteiger partial charge in [0, 0.05) is 12.8 Å². The Labute approximate surface area is 198 Å². The van der Waals surface area contributed by atoms with Crippen molar-refractivity contribution in [1.82, 2.24) is 0 Å². The van der Waals surface area contributed by atoms with Crippen LogP contribution in [0.3, 0.4) is 0 Å². The number of esters is 2. The van der Waals surface area contributed by atoms with E-state index in [1.165, 1.54) is 44.9 Å². The molecule has 1 aromatic carbocycles. The number of carbonyl (C=O) groups excluding carboxylic acids is 2. The van der Waals surface area contributed by atoms with E-state index in [0.717, 1.165) is 26.2 Å². The van der Waals surface area contributed by atoms with Crippen molar-refractivity contribution in [3.63, 3.8) is 0 Å². The summed E-state index contributed by atoms with van der Waals surface area (Å²) in [6.45, 7) is 3.49. The highest BCUT2D eigenvalue weighted by Crippen LogP contribution is 2.29. The zero-order chi connectivity index (χ0) is 25.5. The number of ether oxygens (including phenoxy) is 2. The highest BCUT2D eigenvalue weighted by molar-refractivity contribution is 5.72. The molecule has 34 heavy (non-hydrogen) atoms. The zero-order valence-corrected chi connectivity index (χ0v) is 20.0. The minimum Gasteiger partial charge on any atom is -0.466 e. The van der Waals surface area contributed by atoms with Crippen molar-refractivity contribution >= 4 is 11.9 Å². The molecule has 0 heterocycles. The second-order valence-electron chi connectivity index (χ2n) is 8.37. The lowest BCUT2D eigenvalue weighted by molar-refractivity contribution is -0.149. The maximum Gasteiger partial charge on any atom is 0.306 e. The molecular weight excluding hydrogens is 459 g/mol. The number of halogens is 5. The maximum atomic E-state index is 13.8. The number of carbonyl (C=O) groups is 2. The van der Waals surface area contributed by atoms with Gasteiger partial charge in [0.15, 0.2) is 23.3 Å². The van der Waals surface area contributed by atoms with Gasteiger partial charge >= 0.3 is 11.9 Å². The van der Waals surface area contributed by atoms with Crippen LogP contribution in [0.5, 0.6) is 0 Å². The predicted octanol–water partition coefficient (Wildman–Crippen LogP) is 7.62. The molecule has 0 spiro atoms. The number of unbranched alkanes of at least 4 members (excludes halogenated alkanes) is 9. The van der Waals surface area contributed by atoms with Crippen molar-refractivity contribution in [3.8, 4) is 0 Å². The van der Waals surface area contributed by atoms with Gasteiger partial charge < -0.3 is 9.47 Å². The van der Waals surface area contributed by atoms with Crippen LogP contribution in [0.1, 0.15) is 109 Å². The largest absolute Gasteiger partial charge is 0.466 e. The van der Waals surface area contributed by atoms with Crippen LogP contribution < -0.4 is 0 Å². The Hall–Kier alpha value is -2.19. The molecule has 0 radical (unpaired) electrons. The molecule has 0 N–H and O–H groups in total. The second kappa shape index (κ2) is 16.4. The van der Waals surface area contributed by atoms with Crippen LogP contribution in [0.4, 0.5) is 22.0 Å². The molecule has 1 rings (SSSR count). The molecule has 0 aliphatic heterocycles. The van der Waals surface area contributed by atoms with E-state index in [1.807, 2.05) is 0 Å². The van der Waals surface area contributed by atoms with Gasteiger partial charge in [-0.25, -0.2) is 22.0 Å². The van der Waals surface area contributed by atoms with Gasteiger partial charge in [0.2, 0.25) is 5.82 Å². The summed E-state index contributed by atoms with van der Waals surface area (Å²) in [5, 5.41) is 0. The van der Waals surface area contributed by atoms with Crippen LogP contribution in [0, 0.1) is 29.1 Å². The number of rotatable bonds is 17. The SMILES string of the molecule is CCCCCCCCCCCCOC(=O)CCCC(=O)OC(C)c1c(F)c(F)c(F)c(F)c1F. The molecule has 1 atom stereocenters. The van der Waals surface area contributed by atoms with Gasteiger partial charge in [0.05, 0.1) is 12.2 Å². The third-order valence-electron chi connectivity index (χ3n) is 5.48. The molecule has 0 saturated carbocycles.